The Morgan fingerprint density at radius 2 is 1.70 bits per heavy atom. The third-order valence-corrected chi connectivity index (χ3v) is 3.59. The zero-order valence-electron chi connectivity index (χ0n) is 10.6. The van der Waals surface area contributed by atoms with Crippen molar-refractivity contribution in [2.75, 3.05) is 5.73 Å². The van der Waals surface area contributed by atoms with Gasteiger partial charge in [0.25, 0.3) is 0 Å². The van der Waals surface area contributed by atoms with Crippen LogP contribution in [0.15, 0.2) is 53.3 Å². The normalized spacial score (nSPS) is 11.4. The second-order valence-electron chi connectivity index (χ2n) is 4.79. The Hall–Kier alpha value is -2.88. The molecule has 0 spiro atoms. The number of para-hydroxylation sites is 1. The summed E-state index contributed by atoms with van der Waals surface area (Å²) in [6.45, 7) is 0. The standard InChI is InChI=1S/C16H11N3O/c17-15-9-3-1-2-4-12(9)19-16-10-6-8-14(20)18-13(10)7-5-11(15)16/h1-8H,(H2,17,19)(H,18,20). The van der Waals surface area contributed by atoms with Crippen molar-refractivity contribution < 1.29 is 0 Å². The predicted molar refractivity (Wildman–Crippen MR) is 81.8 cm³/mol. The van der Waals surface area contributed by atoms with E-state index in [1.807, 2.05) is 36.4 Å². The minimum Gasteiger partial charge on any atom is -0.398 e. The predicted octanol–water partition coefficient (Wildman–Crippen LogP) is 2.81. The molecule has 0 radical (unpaired) electrons. The topological polar surface area (TPSA) is 71.8 Å². The number of rotatable bonds is 0. The van der Waals surface area contributed by atoms with Gasteiger partial charge in [0.2, 0.25) is 5.56 Å². The molecule has 0 bridgehead atoms. The fourth-order valence-electron chi connectivity index (χ4n) is 2.62. The van der Waals surface area contributed by atoms with Gasteiger partial charge in [-0.2, -0.15) is 0 Å². The number of nitrogens with zero attached hydrogens (tertiary/aromatic N) is 1. The molecule has 3 N–H and O–H groups in total. The highest BCUT2D eigenvalue weighted by Gasteiger charge is 2.09. The number of hydrogen-bond donors (Lipinski definition) is 2. The molecule has 2 heterocycles. The highest BCUT2D eigenvalue weighted by Crippen LogP contribution is 2.31. The van der Waals surface area contributed by atoms with Gasteiger partial charge in [0.1, 0.15) is 0 Å². The van der Waals surface area contributed by atoms with E-state index >= 15 is 0 Å². The zero-order chi connectivity index (χ0) is 13.7. The SMILES string of the molecule is Nc1c2ccccc2nc2c1ccc1[nH]c(=O)ccc12. The molecule has 0 atom stereocenters. The Bertz CT molecular complexity index is 1030. The molecule has 0 unspecified atom stereocenters. The summed E-state index contributed by atoms with van der Waals surface area (Å²) in [5, 5.41) is 2.76. The van der Waals surface area contributed by atoms with Crippen molar-refractivity contribution in [3.05, 3.63) is 58.9 Å². The molecule has 0 saturated heterocycles. The number of fused-ring (bicyclic) bond motifs is 4. The van der Waals surface area contributed by atoms with Gasteiger partial charge in [-0.05, 0) is 24.3 Å². The number of hydrogen-bond acceptors (Lipinski definition) is 3. The summed E-state index contributed by atoms with van der Waals surface area (Å²) in [6, 6.07) is 14.9. The molecule has 2 aromatic heterocycles. The van der Waals surface area contributed by atoms with Crippen molar-refractivity contribution in [1.82, 2.24) is 9.97 Å². The van der Waals surface area contributed by atoms with E-state index in [4.69, 9.17) is 10.7 Å². The fourth-order valence-corrected chi connectivity index (χ4v) is 2.62. The smallest absolute Gasteiger partial charge is 0.248 e. The number of aromatic amines is 1. The van der Waals surface area contributed by atoms with Crippen molar-refractivity contribution in [2.45, 2.75) is 0 Å². The van der Waals surface area contributed by atoms with Crippen molar-refractivity contribution in [3.63, 3.8) is 0 Å². The highest BCUT2D eigenvalue weighted by molar-refractivity contribution is 6.14. The van der Waals surface area contributed by atoms with E-state index < -0.39 is 0 Å². The first kappa shape index (κ1) is 11.0. The third-order valence-electron chi connectivity index (χ3n) is 3.59. The molecular weight excluding hydrogens is 250 g/mol. The quantitative estimate of drug-likeness (QED) is 0.377. The Morgan fingerprint density at radius 1 is 0.900 bits per heavy atom. The maximum Gasteiger partial charge on any atom is 0.248 e. The van der Waals surface area contributed by atoms with Crippen molar-refractivity contribution in [3.8, 4) is 0 Å². The van der Waals surface area contributed by atoms with E-state index in [-0.39, 0.29) is 5.56 Å². The second kappa shape index (κ2) is 3.81. The van der Waals surface area contributed by atoms with Gasteiger partial charge in [-0.1, -0.05) is 18.2 Å². The maximum absolute atomic E-state index is 11.4. The van der Waals surface area contributed by atoms with Crippen LogP contribution in [0.4, 0.5) is 5.69 Å². The molecule has 0 amide bonds. The van der Waals surface area contributed by atoms with Gasteiger partial charge in [-0.15, -0.1) is 0 Å². The van der Waals surface area contributed by atoms with Crippen molar-refractivity contribution in [1.29, 1.82) is 0 Å². The van der Waals surface area contributed by atoms with Crippen molar-refractivity contribution >= 4 is 38.4 Å². The molecule has 4 rings (SSSR count). The van der Waals surface area contributed by atoms with Crippen LogP contribution in [0, 0.1) is 0 Å². The second-order valence-corrected chi connectivity index (χ2v) is 4.79. The van der Waals surface area contributed by atoms with E-state index in [1.165, 1.54) is 6.07 Å². The van der Waals surface area contributed by atoms with Gasteiger partial charge >= 0.3 is 0 Å². The number of nitrogens with two attached hydrogens (primary N) is 1. The number of benzene rings is 2. The molecule has 20 heavy (non-hydrogen) atoms. The van der Waals surface area contributed by atoms with Crippen LogP contribution >= 0.6 is 0 Å². The first-order valence-corrected chi connectivity index (χ1v) is 6.34. The zero-order valence-corrected chi connectivity index (χ0v) is 10.6. The Labute approximate surface area is 113 Å². The van der Waals surface area contributed by atoms with Gasteiger partial charge in [0.15, 0.2) is 0 Å². The van der Waals surface area contributed by atoms with Crippen LogP contribution in [-0.2, 0) is 0 Å². The Kier molecular flexibility index (Phi) is 2.09. The van der Waals surface area contributed by atoms with E-state index in [9.17, 15) is 4.79 Å². The average Bonchev–Trinajstić information content (AvgIpc) is 2.47. The number of nitrogens with one attached hydrogen (secondary N) is 1. The van der Waals surface area contributed by atoms with Crippen LogP contribution in [0.1, 0.15) is 0 Å². The molecule has 0 aliphatic heterocycles. The summed E-state index contributed by atoms with van der Waals surface area (Å²) in [7, 11) is 0. The van der Waals surface area contributed by atoms with Gasteiger partial charge in [-0.3, -0.25) is 4.79 Å². The molecule has 0 fully saturated rings. The highest BCUT2D eigenvalue weighted by atomic mass is 16.1. The molecule has 2 aromatic carbocycles. The molecule has 4 nitrogen and oxygen atoms in total. The summed E-state index contributed by atoms with van der Waals surface area (Å²) in [6.07, 6.45) is 0. The van der Waals surface area contributed by atoms with Gasteiger partial charge in [0.05, 0.1) is 22.2 Å². The van der Waals surface area contributed by atoms with Crippen LogP contribution in [-0.4, -0.2) is 9.97 Å². The van der Waals surface area contributed by atoms with E-state index in [0.717, 1.165) is 38.4 Å². The van der Waals surface area contributed by atoms with Crippen molar-refractivity contribution in [2.24, 2.45) is 0 Å². The van der Waals surface area contributed by atoms with Gasteiger partial charge < -0.3 is 10.7 Å². The van der Waals surface area contributed by atoms with Crippen LogP contribution < -0.4 is 11.3 Å². The Balaban J connectivity index is 2.30. The summed E-state index contributed by atoms with van der Waals surface area (Å²) >= 11 is 0. The number of aromatic nitrogens is 2. The van der Waals surface area contributed by atoms with Crippen LogP contribution in [0.2, 0.25) is 0 Å². The summed E-state index contributed by atoms with van der Waals surface area (Å²) in [4.78, 5) is 18.9. The van der Waals surface area contributed by atoms with Crippen LogP contribution in [0.25, 0.3) is 32.7 Å². The lowest BCUT2D eigenvalue weighted by atomic mass is 10.1. The molecule has 0 saturated carbocycles. The molecule has 4 heteroatoms. The summed E-state index contributed by atoms with van der Waals surface area (Å²) < 4.78 is 0. The lowest BCUT2D eigenvalue weighted by Crippen LogP contribution is -2.03. The maximum atomic E-state index is 11.4. The lowest BCUT2D eigenvalue weighted by Gasteiger charge is -2.08. The fraction of sp³-hybridized carbons (Fsp3) is 0. The molecule has 96 valence electrons. The number of H-pyrrole nitrogens is 1. The lowest BCUT2D eigenvalue weighted by molar-refractivity contribution is 1.31. The molecule has 0 aliphatic rings. The van der Waals surface area contributed by atoms with Gasteiger partial charge in [-0.25, -0.2) is 4.98 Å². The number of nitrogen functional groups attached to an aromatic ring is 1. The van der Waals surface area contributed by atoms with E-state index in [2.05, 4.69) is 4.98 Å². The Morgan fingerprint density at radius 3 is 2.60 bits per heavy atom. The van der Waals surface area contributed by atoms with E-state index in [1.54, 1.807) is 6.07 Å². The summed E-state index contributed by atoms with van der Waals surface area (Å²) in [5.74, 6) is 0. The first-order chi connectivity index (χ1) is 9.74. The minimum atomic E-state index is -0.120. The molecule has 0 aliphatic carbocycles. The summed E-state index contributed by atoms with van der Waals surface area (Å²) in [5.41, 5.74) is 9.31. The third kappa shape index (κ3) is 1.42. The molecule has 4 aromatic rings. The largest absolute Gasteiger partial charge is 0.398 e. The van der Waals surface area contributed by atoms with Gasteiger partial charge in [0, 0.05) is 22.2 Å². The van der Waals surface area contributed by atoms with Crippen LogP contribution in [0.3, 0.4) is 0 Å². The monoisotopic (exact) mass is 261 g/mol. The van der Waals surface area contributed by atoms with E-state index in [0.29, 0.717) is 0 Å². The molecular formula is C16H11N3O. The first-order valence-electron chi connectivity index (χ1n) is 6.34. The number of pyridine rings is 2. The number of anilines is 1. The van der Waals surface area contributed by atoms with Crippen LogP contribution in [0.5, 0.6) is 0 Å². The minimum absolute atomic E-state index is 0.120. The average molecular weight is 261 g/mol.